The van der Waals surface area contributed by atoms with Crippen LogP contribution in [0.1, 0.15) is 36.9 Å². The molecule has 0 radical (unpaired) electrons. The summed E-state index contributed by atoms with van der Waals surface area (Å²) in [4.78, 5) is 29.1. The SMILES string of the molecule is CCC(C)(C)NC(=O)CN1CCN(C(=O)c2cccs2)CC1. The summed E-state index contributed by atoms with van der Waals surface area (Å²) in [6, 6.07) is 3.76. The topological polar surface area (TPSA) is 52.7 Å². The van der Waals surface area contributed by atoms with E-state index in [9.17, 15) is 9.59 Å². The summed E-state index contributed by atoms with van der Waals surface area (Å²) in [5, 5.41) is 4.97. The molecule has 1 aromatic rings. The lowest BCUT2D eigenvalue weighted by molar-refractivity contribution is -0.124. The fourth-order valence-electron chi connectivity index (χ4n) is 2.37. The van der Waals surface area contributed by atoms with E-state index >= 15 is 0 Å². The predicted molar refractivity (Wildman–Crippen MR) is 89.2 cm³/mol. The smallest absolute Gasteiger partial charge is 0.264 e. The molecule has 0 aliphatic carbocycles. The van der Waals surface area contributed by atoms with E-state index < -0.39 is 0 Å². The Balaban J connectivity index is 1.78. The maximum atomic E-state index is 12.3. The monoisotopic (exact) mass is 323 g/mol. The Morgan fingerprint density at radius 2 is 1.95 bits per heavy atom. The van der Waals surface area contributed by atoms with E-state index in [0.29, 0.717) is 19.6 Å². The van der Waals surface area contributed by atoms with Gasteiger partial charge in [0.2, 0.25) is 5.91 Å². The summed E-state index contributed by atoms with van der Waals surface area (Å²) in [5.74, 6) is 0.163. The van der Waals surface area contributed by atoms with Gasteiger partial charge in [-0.2, -0.15) is 0 Å². The van der Waals surface area contributed by atoms with Gasteiger partial charge in [-0.3, -0.25) is 14.5 Å². The molecule has 1 N–H and O–H groups in total. The molecule has 1 aliphatic heterocycles. The molecule has 0 spiro atoms. The van der Waals surface area contributed by atoms with Crippen LogP contribution in [0.15, 0.2) is 17.5 Å². The Hall–Kier alpha value is -1.40. The van der Waals surface area contributed by atoms with Crippen LogP contribution in [0.3, 0.4) is 0 Å². The van der Waals surface area contributed by atoms with Crippen LogP contribution in [0.5, 0.6) is 0 Å². The van der Waals surface area contributed by atoms with E-state index in [0.717, 1.165) is 24.4 Å². The second-order valence-electron chi connectivity index (χ2n) is 6.33. The van der Waals surface area contributed by atoms with Gasteiger partial charge in [0.1, 0.15) is 0 Å². The molecular weight excluding hydrogens is 298 g/mol. The molecule has 2 amide bonds. The molecule has 1 aromatic heterocycles. The highest BCUT2D eigenvalue weighted by Crippen LogP contribution is 2.14. The van der Waals surface area contributed by atoms with Crippen molar-refractivity contribution in [2.24, 2.45) is 0 Å². The molecule has 1 aliphatic rings. The Bertz CT molecular complexity index is 505. The quantitative estimate of drug-likeness (QED) is 0.899. The molecule has 1 saturated heterocycles. The van der Waals surface area contributed by atoms with E-state index in [1.54, 1.807) is 0 Å². The van der Waals surface area contributed by atoms with Gasteiger partial charge in [-0.05, 0) is 31.7 Å². The molecule has 2 rings (SSSR count). The van der Waals surface area contributed by atoms with Crippen molar-refractivity contribution in [3.05, 3.63) is 22.4 Å². The van der Waals surface area contributed by atoms with Gasteiger partial charge in [0.15, 0.2) is 0 Å². The average molecular weight is 323 g/mol. The van der Waals surface area contributed by atoms with Crippen molar-refractivity contribution in [1.82, 2.24) is 15.1 Å². The van der Waals surface area contributed by atoms with Crippen molar-refractivity contribution in [3.63, 3.8) is 0 Å². The third kappa shape index (κ3) is 4.55. The number of piperazine rings is 1. The number of carbonyl (C=O) groups excluding carboxylic acids is 2. The van der Waals surface area contributed by atoms with Gasteiger partial charge in [0.25, 0.3) is 5.91 Å². The van der Waals surface area contributed by atoms with E-state index in [1.807, 2.05) is 36.3 Å². The molecule has 0 saturated carbocycles. The normalized spacial score (nSPS) is 16.6. The number of thiophene rings is 1. The Kier molecular flexibility index (Phi) is 5.58. The highest BCUT2D eigenvalue weighted by molar-refractivity contribution is 7.12. The number of nitrogens with one attached hydrogen (secondary N) is 1. The largest absolute Gasteiger partial charge is 0.350 e. The highest BCUT2D eigenvalue weighted by atomic mass is 32.1. The van der Waals surface area contributed by atoms with E-state index in [4.69, 9.17) is 0 Å². The molecule has 1 fully saturated rings. The number of carbonyl (C=O) groups is 2. The predicted octanol–water partition coefficient (Wildman–Crippen LogP) is 1.81. The fourth-order valence-corrected chi connectivity index (χ4v) is 3.06. The summed E-state index contributed by atoms with van der Waals surface area (Å²) < 4.78 is 0. The molecule has 2 heterocycles. The lowest BCUT2D eigenvalue weighted by Gasteiger charge is -2.35. The van der Waals surface area contributed by atoms with Crippen LogP contribution in [0.25, 0.3) is 0 Å². The van der Waals surface area contributed by atoms with Crippen LogP contribution in [-0.2, 0) is 4.79 Å². The van der Waals surface area contributed by atoms with Gasteiger partial charge in [0, 0.05) is 31.7 Å². The molecule has 6 heteroatoms. The maximum Gasteiger partial charge on any atom is 0.264 e. The molecule has 22 heavy (non-hydrogen) atoms. The molecule has 5 nitrogen and oxygen atoms in total. The molecule has 0 bridgehead atoms. The van der Waals surface area contributed by atoms with Crippen LogP contribution in [0.4, 0.5) is 0 Å². The fraction of sp³-hybridized carbons (Fsp3) is 0.625. The zero-order valence-electron chi connectivity index (χ0n) is 13.6. The third-order valence-corrected chi connectivity index (χ3v) is 4.98. The second kappa shape index (κ2) is 7.24. The van der Waals surface area contributed by atoms with Gasteiger partial charge in [-0.1, -0.05) is 13.0 Å². The summed E-state index contributed by atoms with van der Waals surface area (Å²) >= 11 is 1.48. The molecule has 0 aromatic carbocycles. The molecule has 0 atom stereocenters. The lowest BCUT2D eigenvalue weighted by atomic mass is 10.0. The first-order chi connectivity index (χ1) is 10.4. The van der Waals surface area contributed by atoms with Crippen molar-refractivity contribution in [2.75, 3.05) is 32.7 Å². The molecular formula is C16H25N3O2S. The first kappa shape index (κ1) is 17.0. The van der Waals surface area contributed by atoms with Crippen LogP contribution in [-0.4, -0.2) is 59.9 Å². The third-order valence-electron chi connectivity index (χ3n) is 4.12. The summed E-state index contributed by atoms with van der Waals surface area (Å²) in [7, 11) is 0. The standard InChI is InChI=1S/C16H25N3O2S/c1-4-16(2,3)17-14(20)12-18-7-9-19(10-8-18)15(21)13-6-5-11-22-13/h5-6,11H,4,7-10,12H2,1-3H3,(H,17,20). The van der Waals surface area contributed by atoms with Crippen molar-refractivity contribution in [3.8, 4) is 0 Å². The summed E-state index contributed by atoms with van der Waals surface area (Å²) in [6.45, 7) is 9.39. The Morgan fingerprint density at radius 1 is 1.27 bits per heavy atom. The number of rotatable bonds is 5. The maximum absolute atomic E-state index is 12.3. The average Bonchev–Trinajstić information content (AvgIpc) is 3.01. The van der Waals surface area contributed by atoms with Gasteiger partial charge in [-0.15, -0.1) is 11.3 Å². The summed E-state index contributed by atoms with van der Waals surface area (Å²) in [5.41, 5.74) is -0.159. The van der Waals surface area contributed by atoms with Gasteiger partial charge < -0.3 is 10.2 Å². The van der Waals surface area contributed by atoms with E-state index in [1.165, 1.54) is 11.3 Å². The number of hydrogen-bond acceptors (Lipinski definition) is 4. The van der Waals surface area contributed by atoms with Crippen LogP contribution >= 0.6 is 11.3 Å². The zero-order chi connectivity index (χ0) is 16.2. The van der Waals surface area contributed by atoms with Crippen LogP contribution < -0.4 is 5.32 Å². The van der Waals surface area contributed by atoms with Crippen LogP contribution in [0, 0.1) is 0 Å². The van der Waals surface area contributed by atoms with Gasteiger partial charge >= 0.3 is 0 Å². The van der Waals surface area contributed by atoms with Crippen molar-refractivity contribution >= 4 is 23.2 Å². The number of hydrogen-bond donors (Lipinski definition) is 1. The Morgan fingerprint density at radius 3 is 2.50 bits per heavy atom. The number of amides is 2. The molecule has 0 unspecified atom stereocenters. The van der Waals surface area contributed by atoms with Crippen molar-refractivity contribution < 1.29 is 9.59 Å². The Labute approximate surface area is 136 Å². The van der Waals surface area contributed by atoms with Crippen molar-refractivity contribution in [1.29, 1.82) is 0 Å². The van der Waals surface area contributed by atoms with Gasteiger partial charge in [0.05, 0.1) is 11.4 Å². The van der Waals surface area contributed by atoms with E-state index in [2.05, 4.69) is 17.1 Å². The minimum Gasteiger partial charge on any atom is -0.350 e. The first-order valence-electron chi connectivity index (χ1n) is 7.77. The minimum absolute atomic E-state index is 0.0601. The van der Waals surface area contributed by atoms with Crippen molar-refractivity contribution in [2.45, 2.75) is 32.7 Å². The van der Waals surface area contributed by atoms with Gasteiger partial charge in [-0.25, -0.2) is 0 Å². The zero-order valence-corrected chi connectivity index (χ0v) is 14.4. The lowest BCUT2D eigenvalue weighted by Crippen LogP contribution is -2.53. The highest BCUT2D eigenvalue weighted by Gasteiger charge is 2.25. The minimum atomic E-state index is -0.159. The van der Waals surface area contributed by atoms with E-state index in [-0.39, 0.29) is 17.4 Å². The number of nitrogens with zero attached hydrogens (tertiary/aromatic N) is 2. The summed E-state index contributed by atoms with van der Waals surface area (Å²) in [6.07, 6.45) is 0.905. The first-order valence-corrected chi connectivity index (χ1v) is 8.65. The second-order valence-corrected chi connectivity index (χ2v) is 7.28. The van der Waals surface area contributed by atoms with Crippen LogP contribution in [0.2, 0.25) is 0 Å². The molecule has 122 valence electrons.